The van der Waals surface area contributed by atoms with E-state index >= 15 is 0 Å². The molecule has 0 bridgehead atoms. The largest absolute Gasteiger partial charge is 0.330 e. The Kier molecular flexibility index (Phi) is 2.36. The summed E-state index contributed by atoms with van der Waals surface area (Å²) in [5, 5.41) is 0. The number of aryl methyl sites for hydroxylation is 2. The van der Waals surface area contributed by atoms with Gasteiger partial charge in [-0.25, -0.2) is 0 Å². The SMILES string of the molecule is CCc1ccc2c(c1)CCC2CN. The van der Waals surface area contributed by atoms with Gasteiger partial charge in [0.25, 0.3) is 0 Å². The van der Waals surface area contributed by atoms with Crippen molar-refractivity contribution in [3.05, 3.63) is 34.9 Å². The molecule has 1 heteroatoms. The Labute approximate surface area is 80.0 Å². The predicted octanol–water partition coefficient (Wildman–Crippen LogP) is 2.24. The first-order valence-electron chi connectivity index (χ1n) is 5.17. The minimum absolute atomic E-state index is 0.626. The summed E-state index contributed by atoms with van der Waals surface area (Å²) < 4.78 is 0. The predicted molar refractivity (Wildman–Crippen MR) is 55.9 cm³/mol. The second-order valence-corrected chi connectivity index (χ2v) is 3.86. The van der Waals surface area contributed by atoms with E-state index in [1.165, 1.54) is 29.5 Å². The van der Waals surface area contributed by atoms with Crippen LogP contribution in [-0.2, 0) is 12.8 Å². The van der Waals surface area contributed by atoms with Crippen LogP contribution in [0.1, 0.15) is 36.0 Å². The molecule has 1 nitrogen and oxygen atoms in total. The van der Waals surface area contributed by atoms with Crippen LogP contribution in [-0.4, -0.2) is 6.54 Å². The van der Waals surface area contributed by atoms with Crippen molar-refractivity contribution in [2.45, 2.75) is 32.1 Å². The maximum absolute atomic E-state index is 5.72. The number of hydrogen-bond acceptors (Lipinski definition) is 1. The monoisotopic (exact) mass is 175 g/mol. The third-order valence-corrected chi connectivity index (χ3v) is 3.10. The van der Waals surface area contributed by atoms with Gasteiger partial charge in [0.05, 0.1) is 0 Å². The second kappa shape index (κ2) is 3.51. The Morgan fingerprint density at radius 2 is 2.31 bits per heavy atom. The molecule has 13 heavy (non-hydrogen) atoms. The van der Waals surface area contributed by atoms with Crippen molar-refractivity contribution in [2.75, 3.05) is 6.54 Å². The lowest BCUT2D eigenvalue weighted by molar-refractivity contribution is 0.688. The van der Waals surface area contributed by atoms with Crippen LogP contribution in [0, 0.1) is 0 Å². The van der Waals surface area contributed by atoms with Crippen LogP contribution >= 0.6 is 0 Å². The summed E-state index contributed by atoms with van der Waals surface area (Å²) in [6.45, 7) is 3.01. The van der Waals surface area contributed by atoms with Gasteiger partial charge in [-0.2, -0.15) is 0 Å². The van der Waals surface area contributed by atoms with Crippen LogP contribution in [0.25, 0.3) is 0 Å². The highest BCUT2D eigenvalue weighted by Gasteiger charge is 2.20. The van der Waals surface area contributed by atoms with E-state index in [-0.39, 0.29) is 0 Å². The Hall–Kier alpha value is -0.820. The normalized spacial score (nSPS) is 20.3. The third-order valence-electron chi connectivity index (χ3n) is 3.10. The fourth-order valence-electron chi connectivity index (χ4n) is 2.22. The first-order valence-corrected chi connectivity index (χ1v) is 5.17. The van der Waals surface area contributed by atoms with Gasteiger partial charge >= 0.3 is 0 Å². The molecular weight excluding hydrogens is 158 g/mol. The summed E-state index contributed by atoms with van der Waals surface area (Å²) in [6.07, 6.45) is 3.62. The molecule has 0 saturated carbocycles. The van der Waals surface area contributed by atoms with Crippen molar-refractivity contribution in [3.8, 4) is 0 Å². The summed E-state index contributed by atoms with van der Waals surface area (Å²) in [7, 11) is 0. The molecule has 1 atom stereocenters. The van der Waals surface area contributed by atoms with E-state index in [1.54, 1.807) is 0 Å². The van der Waals surface area contributed by atoms with Gasteiger partial charge in [-0.05, 0) is 48.4 Å². The first kappa shape index (κ1) is 8.76. The van der Waals surface area contributed by atoms with Crippen molar-refractivity contribution in [1.29, 1.82) is 0 Å². The van der Waals surface area contributed by atoms with Crippen LogP contribution < -0.4 is 5.73 Å². The zero-order valence-electron chi connectivity index (χ0n) is 8.22. The molecular formula is C12H17N. The van der Waals surface area contributed by atoms with Crippen LogP contribution in [0.5, 0.6) is 0 Å². The van der Waals surface area contributed by atoms with Crippen molar-refractivity contribution in [1.82, 2.24) is 0 Å². The molecule has 0 fully saturated rings. The van der Waals surface area contributed by atoms with Gasteiger partial charge in [-0.15, -0.1) is 0 Å². The number of rotatable bonds is 2. The second-order valence-electron chi connectivity index (χ2n) is 3.86. The van der Waals surface area contributed by atoms with Gasteiger partial charge in [-0.1, -0.05) is 25.1 Å². The molecule has 1 aliphatic rings. The van der Waals surface area contributed by atoms with E-state index in [4.69, 9.17) is 5.73 Å². The molecule has 2 N–H and O–H groups in total. The van der Waals surface area contributed by atoms with Gasteiger partial charge in [0.15, 0.2) is 0 Å². The smallest absolute Gasteiger partial charge is 0.000802 e. The molecule has 70 valence electrons. The first-order chi connectivity index (χ1) is 6.35. The lowest BCUT2D eigenvalue weighted by Gasteiger charge is -2.08. The maximum Gasteiger partial charge on any atom is -0.000802 e. The lowest BCUT2D eigenvalue weighted by atomic mass is 9.99. The average molecular weight is 175 g/mol. The minimum atomic E-state index is 0.626. The van der Waals surface area contributed by atoms with Gasteiger partial charge in [0.1, 0.15) is 0 Å². The highest BCUT2D eigenvalue weighted by atomic mass is 14.6. The standard InChI is InChI=1S/C12H17N/c1-2-9-3-6-12-10(7-9)4-5-11(12)8-13/h3,6-7,11H,2,4-5,8,13H2,1H3. The summed E-state index contributed by atoms with van der Waals surface area (Å²) in [6, 6.07) is 6.87. The molecule has 0 spiro atoms. The number of nitrogens with two attached hydrogens (primary N) is 1. The Bertz CT molecular complexity index is 304. The van der Waals surface area contributed by atoms with E-state index in [2.05, 4.69) is 25.1 Å². The molecule has 0 saturated heterocycles. The molecule has 2 rings (SSSR count). The van der Waals surface area contributed by atoms with Crippen molar-refractivity contribution < 1.29 is 0 Å². The summed E-state index contributed by atoms with van der Waals surface area (Å²) in [4.78, 5) is 0. The van der Waals surface area contributed by atoms with E-state index in [9.17, 15) is 0 Å². The molecule has 1 unspecified atom stereocenters. The quantitative estimate of drug-likeness (QED) is 0.733. The van der Waals surface area contributed by atoms with Crippen LogP contribution in [0.15, 0.2) is 18.2 Å². The zero-order chi connectivity index (χ0) is 9.26. The highest BCUT2D eigenvalue weighted by molar-refractivity contribution is 5.38. The zero-order valence-corrected chi connectivity index (χ0v) is 8.22. The number of fused-ring (bicyclic) bond motifs is 1. The third kappa shape index (κ3) is 1.49. The molecule has 0 aliphatic heterocycles. The molecule has 1 aliphatic carbocycles. The van der Waals surface area contributed by atoms with Gasteiger partial charge in [-0.3, -0.25) is 0 Å². The summed E-state index contributed by atoms with van der Waals surface area (Å²) in [5.74, 6) is 0.626. The maximum atomic E-state index is 5.72. The summed E-state index contributed by atoms with van der Waals surface area (Å²) >= 11 is 0. The van der Waals surface area contributed by atoms with Gasteiger partial charge < -0.3 is 5.73 Å². The molecule has 0 amide bonds. The van der Waals surface area contributed by atoms with E-state index < -0.39 is 0 Å². The molecule has 0 heterocycles. The van der Waals surface area contributed by atoms with Crippen molar-refractivity contribution >= 4 is 0 Å². The van der Waals surface area contributed by atoms with Gasteiger partial charge in [0.2, 0.25) is 0 Å². The van der Waals surface area contributed by atoms with Gasteiger partial charge in [0, 0.05) is 0 Å². The fourth-order valence-corrected chi connectivity index (χ4v) is 2.22. The molecule has 0 radical (unpaired) electrons. The molecule has 0 aromatic heterocycles. The van der Waals surface area contributed by atoms with E-state index in [0.717, 1.165) is 13.0 Å². The lowest BCUT2D eigenvalue weighted by Crippen LogP contribution is -2.09. The summed E-state index contributed by atoms with van der Waals surface area (Å²) in [5.41, 5.74) is 10.2. The van der Waals surface area contributed by atoms with Crippen molar-refractivity contribution in [2.24, 2.45) is 5.73 Å². The highest BCUT2D eigenvalue weighted by Crippen LogP contribution is 2.32. The van der Waals surface area contributed by atoms with Crippen LogP contribution in [0.3, 0.4) is 0 Å². The topological polar surface area (TPSA) is 26.0 Å². The van der Waals surface area contributed by atoms with Crippen LogP contribution in [0.4, 0.5) is 0 Å². The average Bonchev–Trinajstić information content (AvgIpc) is 2.59. The van der Waals surface area contributed by atoms with Crippen molar-refractivity contribution in [3.63, 3.8) is 0 Å². The van der Waals surface area contributed by atoms with E-state index in [1.807, 2.05) is 0 Å². The Morgan fingerprint density at radius 3 is 3.00 bits per heavy atom. The fraction of sp³-hybridized carbons (Fsp3) is 0.500. The number of benzene rings is 1. The minimum Gasteiger partial charge on any atom is -0.330 e. The Morgan fingerprint density at radius 1 is 1.46 bits per heavy atom. The molecule has 1 aromatic rings. The Balaban J connectivity index is 2.34. The van der Waals surface area contributed by atoms with E-state index in [0.29, 0.717) is 5.92 Å². The number of hydrogen-bond donors (Lipinski definition) is 1. The molecule has 1 aromatic carbocycles. The van der Waals surface area contributed by atoms with Crippen LogP contribution in [0.2, 0.25) is 0 Å².